The summed E-state index contributed by atoms with van der Waals surface area (Å²) in [5, 5.41) is 3.13. The first-order valence-electron chi connectivity index (χ1n) is 6.67. The van der Waals surface area contributed by atoms with Gasteiger partial charge in [-0.15, -0.1) is 0 Å². The van der Waals surface area contributed by atoms with Gasteiger partial charge in [0.15, 0.2) is 5.96 Å². The van der Waals surface area contributed by atoms with Crippen LogP contribution >= 0.6 is 0 Å². The minimum absolute atomic E-state index is 0.218. The Hall–Kier alpha value is -0.770. The van der Waals surface area contributed by atoms with E-state index in [1.54, 1.807) is 7.11 Å². The second-order valence-electron chi connectivity index (χ2n) is 5.35. The van der Waals surface area contributed by atoms with E-state index in [-0.39, 0.29) is 6.04 Å². The molecule has 1 saturated carbocycles. The fourth-order valence-electron chi connectivity index (χ4n) is 2.33. The Morgan fingerprint density at radius 1 is 1.41 bits per heavy atom. The van der Waals surface area contributed by atoms with Gasteiger partial charge in [0.2, 0.25) is 0 Å². The topological polar surface area (TPSA) is 59.6 Å². The summed E-state index contributed by atoms with van der Waals surface area (Å²) in [6.45, 7) is 5.89. The Balaban J connectivity index is 2.22. The van der Waals surface area contributed by atoms with Crippen LogP contribution in [-0.2, 0) is 4.74 Å². The highest BCUT2D eigenvalue weighted by Crippen LogP contribution is 2.28. The second kappa shape index (κ2) is 7.54. The number of nitrogens with one attached hydrogen (secondary N) is 1. The molecule has 0 aromatic heterocycles. The summed E-state index contributed by atoms with van der Waals surface area (Å²) in [4.78, 5) is 4.42. The lowest BCUT2D eigenvalue weighted by Gasteiger charge is -2.25. The molecule has 0 aromatic rings. The monoisotopic (exact) mass is 241 g/mol. The first-order valence-corrected chi connectivity index (χ1v) is 6.67. The molecule has 3 N–H and O–H groups in total. The van der Waals surface area contributed by atoms with Crippen molar-refractivity contribution in [3.8, 4) is 0 Å². The minimum atomic E-state index is 0.218. The summed E-state index contributed by atoms with van der Waals surface area (Å²) >= 11 is 0. The van der Waals surface area contributed by atoms with E-state index >= 15 is 0 Å². The zero-order chi connectivity index (χ0) is 12.7. The molecule has 0 spiro atoms. The van der Waals surface area contributed by atoms with Crippen LogP contribution in [0.25, 0.3) is 0 Å². The predicted molar refractivity (Wildman–Crippen MR) is 72.1 cm³/mol. The summed E-state index contributed by atoms with van der Waals surface area (Å²) < 4.78 is 5.04. The summed E-state index contributed by atoms with van der Waals surface area (Å²) in [5.41, 5.74) is 5.83. The van der Waals surface area contributed by atoms with E-state index in [0.29, 0.717) is 12.6 Å². The SMILES string of the molecule is COCC(C)NC(N)=NCC1CCC(C)CC1. The maximum Gasteiger partial charge on any atom is 0.188 e. The van der Waals surface area contributed by atoms with E-state index < -0.39 is 0 Å². The maximum atomic E-state index is 5.83. The highest BCUT2D eigenvalue weighted by Gasteiger charge is 2.17. The van der Waals surface area contributed by atoms with Crippen molar-refractivity contribution >= 4 is 5.96 Å². The Labute approximate surface area is 105 Å². The molecule has 1 fully saturated rings. The highest BCUT2D eigenvalue weighted by atomic mass is 16.5. The van der Waals surface area contributed by atoms with Gasteiger partial charge < -0.3 is 15.8 Å². The number of hydrogen-bond acceptors (Lipinski definition) is 2. The van der Waals surface area contributed by atoms with Crippen LogP contribution < -0.4 is 11.1 Å². The number of methoxy groups -OCH3 is 1. The zero-order valence-corrected chi connectivity index (χ0v) is 11.4. The average Bonchev–Trinajstić information content (AvgIpc) is 2.28. The number of nitrogens with zero attached hydrogens (tertiary/aromatic N) is 1. The molecule has 17 heavy (non-hydrogen) atoms. The lowest BCUT2D eigenvalue weighted by molar-refractivity contribution is 0.179. The van der Waals surface area contributed by atoms with Gasteiger partial charge in [0.25, 0.3) is 0 Å². The molecule has 1 aliphatic carbocycles. The van der Waals surface area contributed by atoms with Crippen molar-refractivity contribution in [3.63, 3.8) is 0 Å². The van der Waals surface area contributed by atoms with Crippen molar-refractivity contribution < 1.29 is 4.74 Å². The maximum absolute atomic E-state index is 5.83. The smallest absolute Gasteiger partial charge is 0.188 e. The van der Waals surface area contributed by atoms with Crippen LogP contribution in [0.1, 0.15) is 39.5 Å². The molecular formula is C13H27N3O. The van der Waals surface area contributed by atoms with Crippen LogP contribution in [0.4, 0.5) is 0 Å². The number of ether oxygens (including phenoxy) is 1. The largest absolute Gasteiger partial charge is 0.383 e. The molecule has 0 heterocycles. The normalized spacial score (nSPS) is 27.8. The number of nitrogens with two attached hydrogens (primary N) is 1. The van der Waals surface area contributed by atoms with Gasteiger partial charge in [0.05, 0.1) is 6.61 Å². The average molecular weight is 241 g/mol. The van der Waals surface area contributed by atoms with E-state index in [2.05, 4.69) is 17.2 Å². The molecule has 1 unspecified atom stereocenters. The third-order valence-electron chi connectivity index (χ3n) is 3.47. The van der Waals surface area contributed by atoms with E-state index in [9.17, 15) is 0 Å². The van der Waals surface area contributed by atoms with Crippen LogP contribution in [0.5, 0.6) is 0 Å². The molecule has 1 atom stereocenters. The standard InChI is InChI=1S/C13H27N3O/c1-10-4-6-12(7-5-10)8-15-13(14)16-11(2)9-17-3/h10-12H,4-9H2,1-3H3,(H3,14,15,16). The van der Waals surface area contributed by atoms with Crippen molar-refractivity contribution in [2.24, 2.45) is 22.6 Å². The lowest BCUT2D eigenvalue weighted by atomic mass is 9.83. The quantitative estimate of drug-likeness (QED) is 0.569. The molecule has 4 nitrogen and oxygen atoms in total. The Kier molecular flexibility index (Phi) is 6.34. The second-order valence-corrected chi connectivity index (χ2v) is 5.35. The number of rotatable bonds is 5. The van der Waals surface area contributed by atoms with Crippen LogP contribution in [0.15, 0.2) is 4.99 Å². The first kappa shape index (κ1) is 14.3. The molecular weight excluding hydrogens is 214 g/mol. The number of aliphatic imine (C=N–C) groups is 1. The third kappa shape index (κ3) is 5.91. The number of guanidine groups is 1. The van der Waals surface area contributed by atoms with Crippen LogP contribution in [0.3, 0.4) is 0 Å². The summed E-state index contributed by atoms with van der Waals surface area (Å²) in [7, 11) is 1.69. The van der Waals surface area contributed by atoms with Crippen molar-refractivity contribution in [3.05, 3.63) is 0 Å². The molecule has 1 aliphatic rings. The zero-order valence-electron chi connectivity index (χ0n) is 11.4. The molecule has 0 saturated heterocycles. The van der Waals surface area contributed by atoms with Gasteiger partial charge in [0, 0.05) is 19.7 Å². The first-order chi connectivity index (χ1) is 8.11. The van der Waals surface area contributed by atoms with Gasteiger partial charge in [0.1, 0.15) is 0 Å². The van der Waals surface area contributed by atoms with Crippen LogP contribution in [0, 0.1) is 11.8 Å². The van der Waals surface area contributed by atoms with Crippen molar-refractivity contribution in [2.45, 2.75) is 45.6 Å². The Morgan fingerprint density at radius 2 is 2.06 bits per heavy atom. The van der Waals surface area contributed by atoms with Crippen molar-refractivity contribution in [1.82, 2.24) is 5.32 Å². The van der Waals surface area contributed by atoms with E-state index in [1.807, 2.05) is 6.92 Å². The van der Waals surface area contributed by atoms with Gasteiger partial charge in [-0.1, -0.05) is 19.8 Å². The van der Waals surface area contributed by atoms with Crippen LogP contribution in [0.2, 0.25) is 0 Å². The lowest BCUT2D eigenvalue weighted by Crippen LogP contribution is -2.41. The van der Waals surface area contributed by atoms with Crippen molar-refractivity contribution in [2.75, 3.05) is 20.3 Å². The van der Waals surface area contributed by atoms with Crippen molar-refractivity contribution in [1.29, 1.82) is 0 Å². The van der Waals surface area contributed by atoms with Gasteiger partial charge in [-0.05, 0) is 31.6 Å². The molecule has 100 valence electrons. The van der Waals surface area contributed by atoms with Gasteiger partial charge in [-0.25, -0.2) is 0 Å². The van der Waals surface area contributed by atoms with E-state index in [0.717, 1.165) is 18.4 Å². The molecule has 0 aliphatic heterocycles. The minimum Gasteiger partial charge on any atom is -0.383 e. The van der Waals surface area contributed by atoms with Crippen LogP contribution in [-0.4, -0.2) is 32.3 Å². The third-order valence-corrected chi connectivity index (χ3v) is 3.47. The van der Waals surface area contributed by atoms with Gasteiger partial charge >= 0.3 is 0 Å². The highest BCUT2D eigenvalue weighted by molar-refractivity contribution is 5.78. The van der Waals surface area contributed by atoms with Gasteiger partial charge in [-0.3, -0.25) is 4.99 Å². The molecule has 0 bridgehead atoms. The molecule has 1 rings (SSSR count). The predicted octanol–water partition coefficient (Wildman–Crippen LogP) is 1.75. The van der Waals surface area contributed by atoms with E-state index in [1.165, 1.54) is 25.7 Å². The summed E-state index contributed by atoms with van der Waals surface area (Å²) in [6, 6.07) is 0.218. The molecule has 0 radical (unpaired) electrons. The fourth-order valence-corrected chi connectivity index (χ4v) is 2.33. The Bertz CT molecular complexity index is 235. The summed E-state index contributed by atoms with van der Waals surface area (Å²) in [6.07, 6.45) is 5.28. The fraction of sp³-hybridized carbons (Fsp3) is 0.923. The van der Waals surface area contributed by atoms with E-state index in [4.69, 9.17) is 10.5 Å². The molecule has 4 heteroatoms. The number of hydrogen-bond donors (Lipinski definition) is 2. The van der Waals surface area contributed by atoms with Gasteiger partial charge in [-0.2, -0.15) is 0 Å². The molecule has 0 aromatic carbocycles. The molecule has 0 amide bonds. The summed E-state index contributed by atoms with van der Waals surface area (Å²) in [5.74, 6) is 2.17. The Morgan fingerprint density at radius 3 is 2.65 bits per heavy atom.